The van der Waals surface area contributed by atoms with Crippen molar-refractivity contribution in [3.63, 3.8) is 0 Å². The van der Waals surface area contributed by atoms with Crippen molar-refractivity contribution in [2.75, 3.05) is 13.1 Å². The van der Waals surface area contributed by atoms with E-state index in [1.54, 1.807) is 6.08 Å². The van der Waals surface area contributed by atoms with Crippen LogP contribution in [0.1, 0.15) is 24.8 Å². The molecular formula is C16H23N3. The molecule has 1 aliphatic carbocycles. The molecule has 1 saturated carbocycles. The topological polar surface area (TPSA) is 50.4 Å². The van der Waals surface area contributed by atoms with E-state index in [2.05, 4.69) is 47.2 Å². The molecule has 0 bridgehead atoms. The van der Waals surface area contributed by atoms with Gasteiger partial charge in [-0.3, -0.25) is 4.99 Å². The minimum absolute atomic E-state index is 0.321. The van der Waals surface area contributed by atoms with E-state index in [-0.39, 0.29) is 0 Å². The molecule has 0 aromatic heterocycles. The molecule has 102 valence electrons. The molecule has 1 fully saturated rings. The standard InChI is InChI=1S/C16H23N3/c1-2-11-18-15(17)19-13-16(9-6-10-16)12-14-7-4-3-5-8-14/h2-5,7-8H,1,6,9-13H2,(H3,17,18,19). The molecule has 0 atom stereocenters. The van der Waals surface area contributed by atoms with Gasteiger partial charge in [-0.15, -0.1) is 6.58 Å². The first kappa shape index (κ1) is 13.7. The second kappa shape index (κ2) is 6.41. The molecule has 0 unspecified atom stereocenters. The predicted octanol–water partition coefficient (Wildman–Crippen LogP) is 2.49. The van der Waals surface area contributed by atoms with Gasteiger partial charge < -0.3 is 11.1 Å². The van der Waals surface area contributed by atoms with Gasteiger partial charge >= 0.3 is 0 Å². The number of hydrogen-bond donors (Lipinski definition) is 2. The smallest absolute Gasteiger partial charge is 0.188 e. The van der Waals surface area contributed by atoms with Gasteiger partial charge in [0.1, 0.15) is 0 Å². The first-order valence-electron chi connectivity index (χ1n) is 6.93. The Bertz CT molecular complexity index is 433. The van der Waals surface area contributed by atoms with E-state index in [1.165, 1.54) is 24.8 Å². The Hall–Kier alpha value is -1.77. The first-order valence-corrected chi connectivity index (χ1v) is 6.93. The van der Waals surface area contributed by atoms with Crippen molar-refractivity contribution in [2.45, 2.75) is 25.7 Å². The van der Waals surface area contributed by atoms with Gasteiger partial charge in [-0.1, -0.05) is 42.8 Å². The van der Waals surface area contributed by atoms with E-state index >= 15 is 0 Å². The average Bonchev–Trinajstić information content (AvgIpc) is 2.40. The Morgan fingerprint density at radius 3 is 2.68 bits per heavy atom. The number of nitrogens with zero attached hydrogens (tertiary/aromatic N) is 1. The van der Waals surface area contributed by atoms with Gasteiger partial charge in [-0.05, 0) is 30.2 Å². The molecular weight excluding hydrogens is 234 g/mol. The maximum absolute atomic E-state index is 5.83. The lowest BCUT2D eigenvalue weighted by Crippen LogP contribution is -2.38. The number of nitrogens with one attached hydrogen (secondary N) is 1. The van der Waals surface area contributed by atoms with Gasteiger partial charge in [0, 0.05) is 13.1 Å². The summed E-state index contributed by atoms with van der Waals surface area (Å²) in [6.45, 7) is 5.14. The van der Waals surface area contributed by atoms with E-state index in [1.807, 2.05) is 0 Å². The fourth-order valence-electron chi connectivity index (χ4n) is 2.58. The van der Waals surface area contributed by atoms with Crippen LogP contribution in [0.4, 0.5) is 0 Å². The maximum atomic E-state index is 5.83. The molecule has 19 heavy (non-hydrogen) atoms. The molecule has 0 radical (unpaired) electrons. The Labute approximate surface area is 115 Å². The second-order valence-corrected chi connectivity index (χ2v) is 5.39. The number of aliphatic imine (C=N–C) groups is 1. The monoisotopic (exact) mass is 257 g/mol. The summed E-state index contributed by atoms with van der Waals surface area (Å²) < 4.78 is 0. The molecule has 2 rings (SSSR count). The number of guanidine groups is 1. The molecule has 1 aromatic rings. The summed E-state index contributed by atoms with van der Waals surface area (Å²) in [5.74, 6) is 0.527. The highest BCUT2D eigenvalue weighted by Gasteiger charge is 2.36. The molecule has 0 spiro atoms. The van der Waals surface area contributed by atoms with E-state index in [9.17, 15) is 0 Å². The fourth-order valence-corrected chi connectivity index (χ4v) is 2.58. The first-order chi connectivity index (χ1) is 9.24. The number of nitrogens with two attached hydrogens (primary N) is 1. The Balaban J connectivity index is 1.93. The van der Waals surface area contributed by atoms with Crippen LogP contribution < -0.4 is 11.1 Å². The van der Waals surface area contributed by atoms with Crippen molar-refractivity contribution in [3.8, 4) is 0 Å². The van der Waals surface area contributed by atoms with Gasteiger partial charge in [0.15, 0.2) is 5.96 Å². The third kappa shape index (κ3) is 3.85. The minimum Gasteiger partial charge on any atom is -0.370 e. The highest BCUT2D eigenvalue weighted by Crippen LogP contribution is 2.43. The number of benzene rings is 1. The lowest BCUT2D eigenvalue weighted by molar-refractivity contribution is 0.145. The van der Waals surface area contributed by atoms with Crippen LogP contribution in [0.15, 0.2) is 48.0 Å². The second-order valence-electron chi connectivity index (χ2n) is 5.39. The summed E-state index contributed by atoms with van der Waals surface area (Å²) in [6, 6.07) is 10.7. The van der Waals surface area contributed by atoms with Crippen LogP contribution in [0.25, 0.3) is 0 Å². The van der Waals surface area contributed by atoms with Crippen LogP contribution in [0, 0.1) is 5.41 Å². The molecule has 0 amide bonds. The predicted molar refractivity (Wildman–Crippen MR) is 81.1 cm³/mol. The molecule has 3 nitrogen and oxygen atoms in total. The third-order valence-electron chi connectivity index (χ3n) is 3.85. The molecule has 0 saturated heterocycles. The van der Waals surface area contributed by atoms with E-state index < -0.39 is 0 Å². The van der Waals surface area contributed by atoms with Gasteiger partial charge in [0.25, 0.3) is 0 Å². The number of rotatable bonds is 6. The van der Waals surface area contributed by atoms with Crippen LogP contribution in [0.2, 0.25) is 0 Å². The Morgan fingerprint density at radius 1 is 1.37 bits per heavy atom. The van der Waals surface area contributed by atoms with Gasteiger partial charge in [0.05, 0.1) is 0 Å². The Kier molecular flexibility index (Phi) is 4.61. The average molecular weight is 257 g/mol. The normalized spacial score (nSPS) is 17.6. The summed E-state index contributed by atoms with van der Waals surface area (Å²) in [5, 5.41) is 3.03. The van der Waals surface area contributed by atoms with Crippen molar-refractivity contribution in [3.05, 3.63) is 48.6 Å². The summed E-state index contributed by atoms with van der Waals surface area (Å²) >= 11 is 0. The molecule has 1 aromatic carbocycles. The third-order valence-corrected chi connectivity index (χ3v) is 3.85. The van der Waals surface area contributed by atoms with E-state index in [4.69, 9.17) is 5.73 Å². The quantitative estimate of drug-likeness (QED) is 0.467. The summed E-state index contributed by atoms with van der Waals surface area (Å²) in [4.78, 5) is 4.49. The van der Waals surface area contributed by atoms with E-state index in [0.717, 1.165) is 13.0 Å². The molecule has 0 aliphatic heterocycles. The minimum atomic E-state index is 0.321. The van der Waals surface area contributed by atoms with Crippen LogP contribution in [0.3, 0.4) is 0 Å². The van der Waals surface area contributed by atoms with Crippen molar-refractivity contribution >= 4 is 5.96 Å². The van der Waals surface area contributed by atoms with Gasteiger partial charge in [-0.2, -0.15) is 0 Å². The van der Waals surface area contributed by atoms with Gasteiger partial charge in [0.2, 0.25) is 0 Å². The van der Waals surface area contributed by atoms with Crippen LogP contribution in [-0.2, 0) is 6.42 Å². The van der Waals surface area contributed by atoms with Crippen LogP contribution >= 0.6 is 0 Å². The van der Waals surface area contributed by atoms with Crippen molar-refractivity contribution in [2.24, 2.45) is 16.1 Å². The zero-order valence-corrected chi connectivity index (χ0v) is 11.4. The van der Waals surface area contributed by atoms with E-state index in [0.29, 0.717) is 17.9 Å². The zero-order valence-electron chi connectivity index (χ0n) is 11.4. The fraction of sp³-hybridized carbons (Fsp3) is 0.438. The Morgan fingerprint density at radius 2 is 2.11 bits per heavy atom. The largest absolute Gasteiger partial charge is 0.370 e. The SMILES string of the molecule is C=CCNC(N)=NCC1(Cc2ccccc2)CCC1. The number of hydrogen-bond acceptors (Lipinski definition) is 1. The lowest BCUT2D eigenvalue weighted by atomic mass is 9.65. The summed E-state index contributed by atoms with van der Waals surface area (Å²) in [5.41, 5.74) is 7.55. The van der Waals surface area contributed by atoms with Crippen molar-refractivity contribution < 1.29 is 0 Å². The van der Waals surface area contributed by atoms with Crippen LogP contribution in [0.5, 0.6) is 0 Å². The summed E-state index contributed by atoms with van der Waals surface area (Å²) in [6.07, 6.45) is 6.69. The van der Waals surface area contributed by atoms with Crippen molar-refractivity contribution in [1.82, 2.24) is 5.32 Å². The maximum Gasteiger partial charge on any atom is 0.188 e. The molecule has 0 heterocycles. The van der Waals surface area contributed by atoms with Gasteiger partial charge in [-0.25, -0.2) is 0 Å². The highest BCUT2D eigenvalue weighted by molar-refractivity contribution is 5.77. The van der Waals surface area contributed by atoms with Crippen molar-refractivity contribution in [1.29, 1.82) is 0 Å². The molecule has 3 N–H and O–H groups in total. The zero-order chi connectivity index (χ0) is 13.6. The highest BCUT2D eigenvalue weighted by atomic mass is 15.1. The molecule has 3 heteroatoms. The van der Waals surface area contributed by atoms with Crippen LogP contribution in [-0.4, -0.2) is 19.0 Å². The summed E-state index contributed by atoms with van der Waals surface area (Å²) in [7, 11) is 0. The molecule has 1 aliphatic rings. The lowest BCUT2D eigenvalue weighted by Gasteiger charge is -2.41.